The predicted octanol–water partition coefficient (Wildman–Crippen LogP) is 6.69. The molecule has 0 aliphatic heterocycles. The number of carbonyl (C=O) groups is 1. The molecular formula is C27H25ClN4O3S. The molecule has 0 spiro atoms. The number of rotatable bonds is 9. The van der Waals surface area contributed by atoms with Gasteiger partial charge in [-0.2, -0.15) is 5.10 Å². The topological polar surface area (TPSA) is 84.8 Å². The lowest BCUT2D eigenvalue weighted by Gasteiger charge is -2.11. The molecule has 0 unspecified atom stereocenters. The maximum atomic E-state index is 12.5. The Morgan fingerprint density at radius 3 is 2.58 bits per heavy atom. The van der Waals surface area contributed by atoms with E-state index in [0.29, 0.717) is 34.3 Å². The van der Waals surface area contributed by atoms with E-state index in [1.165, 1.54) is 30.2 Å². The lowest BCUT2D eigenvalue weighted by Crippen LogP contribution is -2.17. The van der Waals surface area contributed by atoms with E-state index in [4.69, 9.17) is 21.1 Å². The van der Waals surface area contributed by atoms with Crippen LogP contribution in [0.2, 0.25) is 5.02 Å². The Hall–Kier alpha value is -3.88. The lowest BCUT2D eigenvalue weighted by atomic mass is 10.1. The van der Waals surface area contributed by atoms with Gasteiger partial charge in [-0.3, -0.25) is 4.79 Å². The number of anilines is 2. The van der Waals surface area contributed by atoms with E-state index < -0.39 is 0 Å². The van der Waals surface area contributed by atoms with Crippen LogP contribution in [0.5, 0.6) is 11.5 Å². The smallest absolute Gasteiger partial charge is 0.271 e. The summed E-state index contributed by atoms with van der Waals surface area (Å²) >= 11 is 7.80. The third kappa shape index (κ3) is 6.21. The van der Waals surface area contributed by atoms with Crippen LogP contribution in [0.3, 0.4) is 0 Å². The molecule has 7 nitrogen and oxygen atoms in total. The molecule has 184 valence electrons. The van der Waals surface area contributed by atoms with Crippen molar-refractivity contribution in [1.82, 2.24) is 10.4 Å². The number of nitrogens with one attached hydrogen (secondary N) is 2. The van der Waals surface area contributed by atoms with E-state index >= 15 is 0 Å². The van der Waals surface area contributed by atoms with E-state index in [-0.39, 0.29) is 5.91 Å². The third-order valence-corrected chi connectivity index (χ3v) is 6.21. The molecule has 0 bridgehead atoms. The van der Waals surface area contributed by atoms with Crippen LogP contribution < -0.4 is 20.2 Å². The molecule has 0 atom stereocenters. The fourth-order valence-corrected chi connectivity index (χ4v) is 4.36. The normalized spacial score (nSPS) is 10.9. The highest BCUT2D eigenvalue weighted by atomic mass is 35.5. The van der Waals surface area contributed by atoms with Crippen molar-refractivity contribution in [2.45, 2.75) is 13.8 Å². The quantitative estimate of drug-likeness (QED) is 0.190. The lowest BCUT2D eigenvalue weighted by molar-refractivity contribution is 0.0955. The van der Waals surface area contributed by atoms with E-state index in [1.807, 2.05) is 36.6 Å². The zero-order valence-corrected chi connectivity index (χ0v) is 21.6. The largest absolute Gasteiger partial charge is 0.493 e. The number of benzene rings is 3. The number of hydrogen-bond acceptors (Lipinski definition) is 7. The SMILES string of the molecule is CCOc1c(Cl)cc(/C=N\NC(=O)c2ccc(-c3csc(Nc4ccc(C)cc4)n3)cc2)cc1OC. The predicted molar refractivity (Wildman–Crippen MR) is 146 cm³/mol. The number of thiazole rings is 1. The molecular weight excluding hydrogens is 496 g/mol. The Kier molecular flexibility index (Phi) is 8.20. The second-order valence-electron chi connectivity index (χ2n) is 7.77. The Labute approximate surface area is 218 Å². The zero-order chi connectivity index (χ0) is 25.5. The maximum absolute atomic E-state index is 12.5. The first-order valence-electron chi connectivity index (χ1n) is 11.2. The van der Waals surface area contributed by atoms with Gasteiger partial charge in [-0.15, -0.1) is 11.3 Å². The summed E-state index contributed by atoms with van der Waals surface area (Å²) < 4.78 is 10.8. The summed E-state index contributed by atoms with van der Waals surface area (Å²) in [6.07, 6.45) is 1.49. The fraction of sp³-hybridized carbons (Fsp3) is 0.148. The molecule has 3 aromatic carbocycles. The van der Waals surface area contributed by atoms with Gasteiger partial charge in [0.15, 0.2) is 16.6 Å². The van der Waals surface area contributed by atoms with Crippen LogP contribution in [-0.4, -0.2) is 30.8 Å². The van der Waals surface area contributed by atoms with Crippen LogP contribution in [-0.2, 0) is 0 Å². The number of aromatic nitrogens is 1. The first kappa shape index (κ1) is 25.2. The first-order valence-corrected chi connectivity index (χ1v) is 12.5. The molecule has 1 amide bonds. The number of hydrogen-bond donors (Lipinski definition) is 2. The second kappa shape index (κ2) is 11.7. The van der Waals surface area contributed by atoms with Crippen molar-refractivity contribution in [3.8, 4) is 22.8 Å². The average Bonchev–Trinajstić information content (AvgIpc) is 3.35. The van der Waals surface area contributed by atoms with Crippen LogP contribution >= 0.6 is 22.9 Å². The van der Waals surface area contributed by atoms with E-state index in [9.17, 15) is 4.79 Å². The van der Waals surface area contributed by atoms with Crippen molar-refractivity contribution in [2.75, 3.05) is 19.0 Å². The minimum Gasteiger partial charge on any atom is -0.493 e. The Balaban J connectivity index is 1.38. The van der Waals surface area contributed by atoms with Gasteiger partial charge in [-0.25, -0.2) is 10.4 Å². The van der Waals surface area contributed by atoms with Crippen LogP contribution in [0.25, 0.3) is 11.3 Å². The van der Waals surface area contributed by atoms with Gasteiger partial charge in [0.25, 0.3) is 5.91 Å². The van der Waals surface area contributed by atoms with Crippen molar-refractivity contribution in [3.63, 3.8) is 0 Å². The number of aryl methyl sites for hydroxylation is 1. The number of carbonyl (C=O) groups excluding carboxylic acids is 1. The van der Waals surface area contributed by atoms with Gasteiger partial charge in [-0.1, -0.05) is 41.4 Å². The molecule has 0 saturated carbocycles. The van der Waals surface area contributed by atoms with Gasteiger partial charge in [-0.05, 0) is 55.8 Å². The van der Waals surface area contributed by atoms with Crippen molar-refractivity contribution in [1.29, 1.82) is 0 Å². The monoisotopic (exact) mass is 520 g/mol. The Bertz CT molecular complexity index is 1370. The van der Waals surface area contributed by atoms with E-state index in [2.05, 4.69) is 39.9 Å². The molecule has 0 saturated heterocycles. The summed E-state index contributed by atoms with van der Waals surface area (Å²) in [5.74, 6) is 0.634. The van der Waals surface area contributed by atoms with Crippen molar-refractivity contribution < 1.29 is 14.3 Å². The number of halogens is 1. The molecule has 36 heavy (non-hydrogen) atoms. The number of nitrogens with zero attached hydrogens (tertiary/aromatic N) is 2. The van der Waals surface area contributed by atoms with Crippen molar-refractivity contribution >= 4 is 45.9 Å². The maximum Gasteiger partial charge on any atom is 0.271 e. The summed E-state index contributed by atoms with van der Waals surface area (Å²) in [6.45, 7) is 4.38. The van der Waals surface area contributed by atoms with Gasteiger partial charge >= 0.3 is 0 Å². The minimum atomic E-state index is -0.332. The van der Waals surface area contributed by atoms with Gasteiger partial charge in [0.05, 0.1) is 30.6 Å². The second-order valence-corrected chi connectivity index (χ2v) is 9.04. The van der Waals surface area contributed by atoms with Crippen molar-refractivity contribution in [2.24, 2.45) is 5.10 Å². The van der Waals surface area contributed by atoms with Crippen LogP contribution in [0.1, 0.15) is 28.4 Å². The van der Waals surface area contributed by atoms with E-state index in [1.54, 1.807) is 24.3 Å². The highest BCUT2D eigenvalue weighted by Crippen LogP contribution is 2.36. The van der Waals surface area contributed by atoms with Crippen LogP contribution in [0.15, 0.2) is 71.1 Å². The molecule has 4 aromatic rings. The Morgan fingerprint density at radius 2 is 1.89 bits per heavy atom. The standard InChI is InChI=1S/C27H25ClN4O3S/c1-4-35-25-22(28)13-18(14-24(25)34-3)15-29-32-26(33)20-9-7-19(8-10-20)23-16-36-27(31-23)30-21-11-5-17(2)6-12-21/h5-16H,4H2,1-3H3,(H,30,31)(H,32,33)/b29-15-. The summed E-state index contributed by atoms with van der Waals surface area (Å²) in [4.78, 5) is 17.2. The number of amides is 1. The molecule has 4 rings (SSSR count). The molecule has 0 fully saturated rings. The summed E-state index contributed by atoms with van der Waals surface area (Å²) in [6, 6.07) is 18.8. The molecule has 0 aliphatic rings. The minimum absolute atomic E-state index is 0.332. The summed E-state index contributed by atoms with van der Waals surface area (Å²) in [7, 11) is 1.54. The number of ether oxygens (including phenoxy) is 2. The molecule has 1 heterocycles. The average molecular weight is 521 g/mol. The number of hydrazone groups is 1. The highest BCUT2D eigenvalue weighted by molar-refractivity contribution is 7.14. The van der Waals surface area contributed by atoms with Gasteiger partial charge in [0.2, 0.25) is 0 Å². The van der Waals surface area contributed by atoms with Gasteiger partial charge < -0.3 is 14.8 Å². The summed E-state index contributed by atoms with van der Waals surface area (Å²) in [5, 5.41) is 10.5. The van der Waals surface area contributed by atoms with Crippen LogP contribution in [0, 0.1) is 6.92 Å². The Morgan fingerprint density at radius 1 is 1.14 bits per heavy atom. The molecule has 9 heteroatoms. The molecule has 0 radical (unpaired) electrons. The fourth-order valence-electron chi connectivity index (χ4n) is 3.35. The molecule has 0 aliphatic carbocycles. The zero-order valence-electron chi connectivity index (χ0n) is 20.0. The summed E-state index contributed by atoms with van der Waals surface area (Å²) in [5.41, 5.74) is 7.61. The highest BCUT2D eigenvalue weighted by Gasteiger charge is 2.11. The number of methoxy groups -OCH3 is 1. The van der Waals surface area contributed by atoms with Crippen LogP contribution in [0.4, 0.5) is 10.8 Å². The molecule has 2 N–H and O–H groups in total. The first-order chi connectivity index (χ1) is 17.5. The third-order valence-electron chi connectivity index (χ3n) is 5.17. The van der Waals surface area contributed by atoms with E-state index in [0.717, 1.165) is 22.1 Å². The van der Waals surface area contributed by atoms with Gasteiger partial charge in [0, 0.05) is 22.2 Å². The van der Waals surface area contributed by atoms with Crippen molar-refractivity contribution in [3.05, 3.63) is 87.8 Å². The molecule has 1 aromatic heterocycles. The van der Waals surface area contributed by atoms with Gasteiger partial charge in [0.1, 0.15) is 0 Å².